The highest BCUT2D eigenvalue weighted by atomic mass is 16.7. The van der Waals surface area contributed by atoms with E-state index in [1.807, 2.05) is 20.8 Å². The summed E-state index contributed by atoms with van der Waals surface area (Å²) in [5.41, 5.74) is -1.34. The van der Waals surface area contributed by atoms with Gasteiger partial charge in [0.05, 0.1) is 17.8 Å². The maximum atomic E-state index is 13.7. The first kappa shape index (κ1) is 34.8. The smallest absolute Gasteiger partial charge is 0.333 e. The van der Waals surface area contributed by atoms with Crippen LogP contribution in [0.15, 0.2) is 23.3 Å². The summed E-state index contributed by atoms with van der Waals surface area (Å²) in [6.45, 7) is 19.6. The minimum absolute atomic E-state index is 0.000896. The van der Waals surface area contributed by atoms with E-state index >= 15 is 0 Å². The zero-order valence-electron chi connectivity index (χ0n) is 30.2. The summed E-state index contributed by atoms with van der Waals surface area (Å²) in [6, 6.07) is 0. The molecule has 9 nitrogen and oxygen atoms in total. The van der Waals surface area contributed by atoms with Crippen LogP contribution >= 0.6 is 0 Å². The van der Waals surface area contributed by atoms with Crippen LogP contribution in [0.4, 0.5) is 0 Å². The number of carbonyl (C=O) groups is 3. The predicted molar refractivity (Wildman–Crippen MR) is 174 cm³/mol. The number of ether oxygens (including phenoxy) is 5. The van der Waals surface area contributed by atoms with Crippen molar-refractivity contribution in [3.63, 3.8) is 0 Å². The Bertz CT molecular complexity index is 1390. The van der Waals surface area contributed by atoms with Gasteiger partial charge in [-0.3, -0.25) is 9.59 Å². The van der Waals surface area contributed by atoms with Crippen LogP contribution in [0.25, 0.3) is 0 Å². The SMILES string of the molecule is CC=C(C)C(=O)O[C@@H]1C[C@]2(C)C(=CC[C@H]2[C@@H]2C[C@@H]([C@@H]3OC3(C)C)O[C@H]2OC)[C@]2(C)[C@H](OC(C)=O)C[C@H]3C(C)(C)C(=O)C[C@H](O)[C@]3(C)[C@@H]12. The molecule has 0 bridgehead atoms. The topological polar surface area (TPSA) is 121 Å². The molecule has 5 fully saturated rings. The van der Waals surface area contributed by atoms with Crippen molar-refractivity contribution in [3.05, 3.63) is 23.3 Å². The molecule has 0 aromatic carbocycles. The summed E-state index contributed by atoms with van der Waals surface area (Å²) < 4.78 is 31.3. The van der Waals surface area contributed by atoms with Crippen molar-refractivity contribution in [2.45, 2.75) is 144 Å². The third-order valence-electron chi connectivity index (χ3n) is 14.1. The van der Waals surface area contributed by atoms with Crippen LogP contribution in [0.3, 0.4) is 0 Å². The van der Waals surface area contributed by atoms with E-state index in [2.05, 4.69) is 40.7 Å². The molecule has 0 aromatic rings. The van der Waals surface area contributed by atoms with Gasteiger partial charge in [-0.1, -0.05) is 52.3 Å². The van der Waals surface area contributed by atoms with Crippen LogP contribution in [-0.4, -0.2) is 72.3 Å². The first-order valence-electron chi connectivity index (χ1n) is 17.6. The second kappa shape index (κ2) is 11.2. The standard InChI is InChI=1S/C38H56O9/c1-12-19(2)32(42)45-24-18-36(8)22(21-15-23(46-33(21)43-11)31-35(6,7)47-31)13-14-25(36)38(10)29(44-20(3)39)16-26-34(4,5)27(40)17-28(41)37(26,9)30(24)38/h12,14,21-24,26,28-31,33,41H,13,15-18H2,1-11H3/t21-,22-,23-,24+,26-,28-,29+,30+,31-,33+,36-,37+,38+/m0/s1. The fourth-order valence-corrected chi connectivity index (χ4v) is 11.6. The van der Waals surface area contributed by atoms with Crippen LogP contribution in [0, 0.1) is 45.3 Å². The van der Waals surface area contributed by atoms with Gasteiger partial charge in [-0.2, -0.15) is 0 Å². The summed E-state index contributed by atoms with van der Waals surface area (Å²) in [4.78, 5) is 40.0. The average Bonchev–Trinajstić information content (AvgIpc) is 3.26. The predicted octanol–water partition coefficient (Wildman–Crippen LogP) is 5.72. The van der Waals surface area contributed by atoms with Crippen molar-refractivity contribution >= 4 is 17.7 Å². The van der Waals surface area contributed by atoms with E-state index in [1.165, 1.54) is 12.5 Å². The minimum atomic E-state index is -0.939. The van der Waals surface area contributed by atoms with Gasteiger partial charge in [0, 0.05) is 54.1 Å². The van der Waals surface area contributed by atoms with E-state index in [-0.39, 0.29) is 47.8 Å². The first-order valence-corrected chi connectivity index (χ1v) is 17.6. The summed E-state index contributed by atoms with van der Waals surface area (Å²) >= 11 is 0. The number of epoxide rings is 1. The molecule has 9 heteroatoms. The molecule has 2 saturated heterocycles. The zero-order valence-corrected chi connectivity index (χ0v) is 30.2. The monoisotopic (exact) mass is 656 g/mol. The van der Waals surface area contributed by atoms with Gasteiger partial charge in [-0.25, -0.2) is 4.79 Å². The molecule has 0 spiro atoms. The molecule has 0 amide bonds. The van der Waals surface area contributed by atoms with E-state index in [4.69, 9.17) is 23.7 Å². The number of carbonyl (C=O) groups excluding carboxylic acids is 3. The molecule has 262 valence electrons. The lowest BCUT2D eigenvalue weighted by molar-refractivity contribution is -0.256. The third-order valence-corrected chi connectivity index (χ3v) is 14.1. The van der Waals surface area contributed by atoms with E-state index in [9.17, 15) is 19.5 Å². The lowest BCUT2D eigenvalue weighted by Gasteiger charge is -2.69. The van der Waals surface area contributed by atoms with Gasteiger partial charge < -0.3 is 28.8 Å². The van der Waals surface area contributed by atoms with E-state index < -0.39 is 64.1 Å². The first-order chi connectivity index (χ1) is 21.8. The minimum Gasteiger partial charge on any atom is -0.462 e. The second-order valence-electron chi connectivity index (χ2n) is 17.2. The second-order valence-corrected chi connectivity index (χ2v) is 17.2. The Kier molecular flexibility index (Phi) is 8.31. The van der Waals surface area contributed by atoms with Crippen LogP contribution in [0.1, 0.15) is 101 Å². The van der Waals surface area contributed by atoms with Crippen LogP contribution < -0.4 is 0 Å². The molecule has 13 atom stereocenters. The van der Waals surface area contributed by atoms with E-state index in [0.717, 1.165) is 12.8 Å². The highest BCUT2D eigenvalue weighted by Crippen LogP contribution is 2.74. The molecular weight excluding hydrogens is 600 g/mol. The fraction of sp³-hybridized carbons (Fsp3) is 0.816. The number of hydrogen-bond acceptors (Lipinski definition) is 9. The van der Waals surface area contributed by atoms with Crippen molar-refractivity contribution in [2.24, 2.45) is 45.3 Å². The highest BCUT2D eigenvalue weighted by molar-refractivity contribution is 5.88. The van der Waals surface area contributed by atoms with Gasteiger partial charge in [0.2, 0.25) is 0 Å². The van der Waals surface area contributed by atoms with E-state index in [1.54, 1.807) is 20.1 Å². The number of methoxy groups -OCH3 is 1. The van der Waals surface area contributed by atoms with Gasteiger partial charge in [0.25, 0.3) is 0 Å². The molecule has 6 aliphatic rings. The van der Waals surface area contributed by atoms with Crippen molar-refractivity contribution in [1.29, 1.82) is 0 Å². The summed E-state index contributed by atoms with van der Waals surface area (Å²) in [5.74, 6) is -1.34. The quantitative estimate of drug-likeness (QED) is 0.166. The molecule has 3 saturated carbocycles. The molecule has 0 radical (unpaired) electrons. The number of Topliss-reactive ketones (excluding diaryl/α,β-unsaturated/α-hetero) is 1. The number of esters is 2. The van der Waals surface area contributed by atoms with Gasteiger partial charge in [0.1, 0.15) is 24.1 Å². The van der Waals surface area contributed by atoms with E-state index in [0.29, 0.717) is 18.4 Å². The molecule has 47 heavy (non-hydrogen) atoms. The third kappa shape index (κ3) is 4.95. The Morgan fingerprint density at radius 3 is 2.28 bits per heavy atom. The molecule has 4 aliphatic carbocycles. The molecule has 0 aromatic heterocycles. The number of aliphatic hydroxyl groups excluding tert-OH is 1. The largest absolute Gasteiger partial charge is 0.462 e. The maximum Gasteiger partial charge on any atom is 0.333 e. The molecular formula is C38H56O9. The summed E-state index contributed by atoms with van der Waals surface area (Å²) in [5, 5.41) is 12.0. The number of ketones is 1. The normalized spacial score (nSPS) is 48.1. The molecule has 6 rings (SSSR count). The average molecular weight is 657 g/mol. The number of aliphatic hydroxyl groups is 1. The molecule has 0 unspecified atom stereocenters. The van der Waals surface area contributed by atoms with Crippen molar-refractivity contribution in [1.82, 2.24) is 0 Å². The Morgan fingerprint density at radius 1 is 1.04 bits per heavy atom. The Morgan fingerprint density at radius 2 is 1.70 bits per heavy atom. The Labute approximate surface area is 280 Å². The van der Waals surface area contributed by atoms with Crippen LogP contribution in [0.5, 0.6) is 0 Å². The van der Waals surface area contributed by atoms with Crippen LogP contribution in [-0.2, 0) is 38.1 Å². The molecule has 2 aliphatic heterocycles. The van der Waals surface area contributed by atoms with Crippen molar-refractivity contribution in [3.8, 4) is 0 Å². The Hall–Kier alpha value is -2.07. The number of rotatable bonds is 6. The summed E-state index contributed by atoms with van der Waals surface area (Å²) in [6.07, 6.45) is 4.04. The van der Waals surface area contributed by atoms with Crippen molar-refractivity contribution < 1.29 is 43.2 Å². The van der Waals surface area contributed by atoms with Gasteiger partial charge >= 0.3 is 11.9 Å². The number of allylic oxidation sites excluding steroid dienone is 2. The number of fused-ring (bicyclic) bond motifs is 5. The lowest BCUT2D eigenvalue weighted by Crippen LogP contribution is -2.72. The summed E-state index contributed by atoms with van der Waals surface area (Å²) in [7, 11) is 1.69. The van der Waals surface area contributed by atoms with Gasteiger partial charge in [-0.15, -0.1) is 0 Å². The zero-order chi connectivity index (χ0) is 34.6. The fourth-order valence-electron chi connectivity index (χ4n) is 11.6. The maximum absolute atomic E-state index is 13.7. The number of hydrogen-bond donors (Lipinski definition) is 1. The lowest BCUT2D eigenvalue weighted by atomic mass is 9.36. The Balaban J connectivity index is 1.48. The van der Waals surface area contributed by atoms with Gasteiger partial charge in [0.15, 0.2) is 6.29 Å². The highest BCUT2D eigenvalue weighted by Gasteiger charge is 2.75. The van der Waals surface area contributed by atoms with Crippen LogP contribution in [0.2, 0.25) is 0 Å². The van der Waals surface area contributed by atoms with Gasteiger partial charge in [-0.05, 0) is 70.6 Å². The van der Waals surface area contributed by atoms with Crippen molar-refractivity contribution in [2.75, 3.05) is 7.11 Å². The molecule has 1 N–H and O–H groups in total. The molecule has 2 heterocycles.